The fourth-order valence-electron chi connectivity index (χ4n) is 2.65. The van der Waals surface area contributed by atoms with Gasteiger partial charge in [-0.1, -0.05) is 44.9 Å². The number of unbranched alkanes of at least 4 members (excludes halogenated alkanes) is 2. The molecule has 2 rings (SSSR count). The Hall–Kier alpha value is -2.58. The van der Waals surface area contributed by atoms with Crippen LogP contribution in [0, 0.1) is 4.78 Å². The molecule has 0 heterocycles. The van der Waals surface area contributed by atoms with E-state index in [2.05, 4.69) is 17.0 Å². The fourth-order valence-corrected chi connectivity index (χ4v) is 3.95. The molecule has 1 unspecified atom stereocenters. The third-order valence-corrected chi connectivity index (χ3v) is 5.79. The number of benzene rings is 2. The van der Waals surface area contributed by atoms with Gasteiger partial charge in [0.25, 0.3) is 0 Å². The Morgan fingerprint density at radius 1 is 1.10 bits per heavy atom. The molecule has 2 aromatic carbocycles. The van der Waals surface area contributed by atoms with E-state index in [1.165, 1.54) is 12.1 Å². The maximum absolute atomic E-state index is 13.2. The molecule has 0 aromatic heterocycles. The minimum atomic E-state index is -3.47. The van der Waals surface area contributed by atoms with Gasteiger partial charge in [0.05, 0.1) is 11.3 Å². The normalized spacial score (nSPS) is 12.9. The van der Waals surface area contributed by atoms with Crippen LogP contribution in [0.3, 0.4) is 0 Å². The number of hydrogen-bond acceptors (Lipinski definition) is 5. The number of hydrogen-bond donors (Lipinski definition) is 4. The van der Waals surface area contributed by atoms with Crippen LogP contribution in [0.4, 0.5) is 5.69 Å². The minimum Gasteiger partial charge on any atom is -0.478 e. The fraction of sp³-hybridized carbons (Fsp3) is 0.381. The molecule has 0 spiro atoms. The van der Waals surface area contributed by atoms with Crippen LogP contribution in [0.25, 0.3) is 0 Å². The molecule has 0 amide bonds. The summed E-state index contributed by atoms with van der Waals surface area (Å²) in [6.45, 7) is 5.04. The molecule has 0 saturated heterocycles. The predicted molar refractivity (Wildman–Crippen MR) is 115 cm³/mol. The molecule has 29 heavy (non-hydrogen) atoms. The van der Waals surface area contributed by atoms with E-state index in [-0.39, 0.29) is 16.2 Å². The van der Waals surface area contributed by atoms with Crippen molar-refractivity contribution in [1.29, 1.82) is 4.78 Å². The van der Waals surface area contributed by atoms with Gasteiger partial charge in [-0.25, -0.2) is 18.5 Å². The van der Waals surface area contributed by atoms with Gasteiger partial charge in [-0.3, -0.25) is 0 Å². The summed E-state index contributed by atoms with van der Waals surface area (Å²) in [7, 11) is -3.47. The van der Waals surface area contributed by atoms with Gasteiger partial charge >= 0.3 is 5.97 Å². The monoisotopic (exact) mass is 419 g/mol. The molecular weight excluding hydrogens is 390 g/mol. The summed E-state index contributed by atoms with van der Waals surface area (Å²) in [5, 5.41) is 12.7. The van der Waals surface area contributed by atoms with E-state index in [1.54, 1.807) is 12.1 Å². The molecule has 158 valence electrons. The van der Waals surface area contributed by atoms with Crippen LogP contribution in [0.1, 0.15) is 49.9 Å². The Morgan fingerprint density at radius 2 is 1.76 bits per heavy atom. The summed E-state index contributed by atoms with van der Waals surface area (Å²) in [5.74, 6) is -0.430. The first-order valence-corrected chi connectivity index (χ1v) is 11.4. The second-order valence-electron chi connectivity index (χ2n) is 6.66. The first kappa shape index (κ1) is 22.7. The molecule has 0 aliphatic heterocycles. The molecule has 0 aliphatic rings. The third-order valence-electron chi connectivity index (χ3n) is 4.26. The Morgan fingerprint density at radius 3 is 2.38 bits per heavy atom. The predicted octanol–water partition coefficient (Wildman–Crippen LogP) is 5.10. The number of anilines is 1. The maximum Gasteiger partial charge on any atom is 0.335 e. The standard InChI is InChI=1S/C21H29N3O4S/c1-3-5-12-23-18-14-16(21(25)26)15-19(29(22,27)24-13-6-4-2)20(18)28-17-10-8-7-9-11-17/h7-11,14-15,23H,3-6,12-13H2,1-2H3,(H,25,26)(H2,22,24,27). The smallest absolute Gasteiger partial charge is 0.335 e. The SMILES string of the molecule is CCCCNc1cc(C(=O)O)cc(S(=N)(=O)NCCCC)c1Oc1ccccc1. The molecule has 0 saturated carbocycles. The first-order chi connectivity index (χ1) is 13.9. The molecule has 0 bridgehead atoms. The van der Waals surface area contributed by atoms with Crippen molar-refractivity contribution >= 4 is 21.6 Å². The van der Waals surface area contributed by atoms with Crippen molar-refractivity contribution in [2.24, 2.45) is 0 Å². The molecule has 4 N–H and O–H groups in total. The number of aromatic carboxylic acids is 1. The largest absolute Gasteiger partial charge is 0.478 e. The van der Waals surface area contributed by atoms with Crippen molar-refractivity contribution < 1.29 is 18.8 Å². The highest BCUT2D eigenvalue weighted by Gasteiger charge is 2.23. The summed E-state index contributed by atoms with van der Waals surface area (Å²) in [6.07, 6.45) is 3.48. The van der Waals surface area contributed by atoms with Gasteiger partial charge in [0, 0.05) is 13.1 Å². The van der Waals surface area contributed by atoms with Crippen molar-refractivity contribution in [1.82, 2.24) is 4.72 Å². The van der Waals surface area contributed by atoms with Gasteiger partial charge in [0.1, 0.15) is 20.6 Å². The van der Waals surface area contributed by atoms with Crippen molar-refractivity contribution in [3.05, 3.63) is 48.0 Å². The second-order valence-corrected chi connectivity index (χ2v) is 8.50. The van der Waals surface area contributed by atoms with E-state index in [4.69, 9.17) is 9.52 Å². The van der Waals surface area contributed by atoms with Crippen molar-refractivity contribution in [3.8, 4) is 11.5 Å². The molecule has 1 atom stereocenters. The van der Waals surface area contributed by atoms with Crippen molar-refractivity contribution in [2.45, 2.75) is 44.4 Å². The molecule has 7 nitrogen and oxygen atoms in total. The average Bonchev–Trinajstić information content (AvgIpc) is 2.69. The van der Waals surface area contributed by atoms with Gasteiger partial charge in [0.2, 0.25) is 0 Å². The van der Waals surface area contributed by atoms with E-state index in [0.29, 0.717) is 24.5 Å². The number of ether oxygens (including phenoxy) is 1. The summed E-state index contributed by atoms with van der Waals surface area (Å²) in [6, 6.07) is 11.7. The van der Waals surface area contributed by atoms with Crippen LogP contribution in [0.15, 0.2) is 47.4 Å². The lowest BCUT2D eigenvalue weighted by Gasteiger charge is -2.20. The highest BCUT2D eigenvalue weighted by Crippen LogP contribution is 2.37. The van der Waals surface area contributed by atoms with Crippen LogP contribution >= 0.6 is 0 Å². The third kappa shape index (κ3) is 6.47. The van der Waals surface area contributed by atoms with Crippen LogP contribution in [-0.4, -0.2) is 28.4 Å². The highest BCUT2D eigenvalue weighted by molar-refractivity contribution is 7.90. The Labute approximate surface area is 172 Å². The zero-order valence-electron chi connectivity index (χ0n) is 16.9. The second kappa shape index (κ2) is 10.8. The number of nitrogens with one attached hydrogen (secondary N) is 3. The number of para-hydroxylation sites is 1. The zero-order valence-corrected chi connectivity index (χ0v) is 17.7. The van der Waals surface area contributed by atoms with Crippen LogP contribution in [0.2, 0.25) is 0 Å². The minimum absolute atomic E-state index is 0.0244. The maximum atomic E-state index is 13.2. The molecule has 8 heteroatoms. The molecule has 0 radical (unpaired) electrons. The Kier molecular flexibility index (Phi) is 8.48. The van der Waals surface area contributed by atoms with E-state index in [9.17, 15) is 14.1 Å². The summed E-state index contributed by atoms with van der Waals surface area (Å²) >= 11 is 0. The van der Waals surface area contributed by atoms with Crippen LogP contribution in [0.5, 0.6) is 11.5 Å². The Bertz CT molecular complexity index is 915. The van der Waals surface area contributed by atoms with Gasteiger partial charge in [-0.2, -0.15) is 0 Å². The lowest BCUT2D eigenvalue weighted by Crippen LogP contribution is -2.24. The highest BCUT2D eigenvalue weighted by atomic mass is 32.2. The van der Waals surface area contributed by atoms with Crippen LogP contribution < -0.4 is 14.8 Å². The van der Waals surface area contributed by atoms with Gasteiger partial charge < -0.3 is 15.2 Å². The van der Waals surface area contributed by atoms with E-state index >= 15 is 0 Å². The molecule has 0 aliphatic carbocycles. The van der Waals surface area contributed by atoms with Gasteiger partial charge in [-0.15, -0.1) is 0 Å². The van der Waals surface area contributed by atoms with Gasteiger partial charge in [0.15, 0.2) is 5.75 Å². The molecular formula is C21H29N3O4S. The van der Waals surface area contributed by atoms with Crippen molar-refractivity contribution in [3.63, 3.8) is 0 Å². The summed E-state index contributed by atoms with van der Waals surface area (Å²) < 4.78 is 30.4. The first-order valence-electron chi connectivity index (χ1n) is 9.80. The lowest BCUT2D eigenvalue weighted by atomic mass is 10.1. The topological polar surface area (TPSA) is 112 Å². The van der Waals surface area contributed by atoms with E-state index in [0.717, 1.165) is 25.7 Å². The van der Waals surface area contributed by atoms with Crippen LogP contribution in [-0.2, 0) is 9.92 Å². The quantitative estimate of drug-likeness (QED) is 0.358. The van der Waals surface area contributed by atoms with E-state index in [1.807, 2.05) is 25.1 Å². The number of carboxylic acids is 1. The summed E-state index contributed by atoms with van der Waals surface area (Å²) in [5.41, 5.74) is 0.367. The Balaban J connectivity index is 2.57. The molecule has 2 aromatic rings. The number of carbonyl (C=O) groups is 1. The summed E-state index contributed by atoms with van der Waals surface area (Å²) in [4.78, 5) is 11.7. The number of rotatable bonds is 12. The van der Waals surface area contributed by atoms with Crippen molar-refractivity contribution in [2.75, 3.05) is 18.4 Å². The van der Waals surface area contributed by atoms with Gasteiger partial charge in [-0.05, 0) is 37.1 Å². The van der Waals surface area contributed by atoms with E-state index < -0.39 is 15.9 Å². The molecule has 0 fully saturated rings. The average molecular weight is 420 g/mol. The lowest BCUT2D eigenvalue weighted by molar-refractivity contribution is 0.0696. The number of carboxylic acid groups (broad SMARTS) is 1. The zero-order chi connectivity index (χ0) is 21.3.